The Morgan fingerprint density at radius 1 is 1.18 bits per heavy atom. The molecule has 7 nitrogen and oxygen atoms in total. The minimum absolute atomic E-state index is 0.0203. The van der Waals surface area contributed by atoms with Crippen molar-refractivity contribution >= 4 is 40.1 Å². The average Bonchev–Trinajstić information content (AvgIpc) is 3.39. The summed E-state index contributed by atoms with van der Waals surface area (Å²) >= 11 is 7.48. The monoisotopic (exact) mass is 482 g/mol. The number of amidine groups is 1. The van der Waals surface area contributed by atoms with Crippen molar-refractivity contribution in [1.29, 1.82) is 0 Å². The molecular weight excluding hydrogens is 456 g/mol. The van der Waals surface area contributed by atoms with Crippen LogP contribution in [0, 0.1) is 20.8 Å². The predicted molar refractivity (Wildman–Crippen MR) is 135 cm³/mol. The summed E-state index contributed by atoms with van der Waals surface area (Å²) in [5.74, 6) is 0.263. The third-order valence-electron chi connectivity index (χ3n) is 6.25. The second-order valence-corrected chi connectivity index (χ2v) is 10.1. The van der Waals surface area contributed by atoms with Crippen molar-refractivity contribution in [3.05, 3.63) is 76.1 Å². The van der Waals surface area contributed by atoms with Crippen LogP contribution in [0.5, 0.6) is 0 Å². The number of benzene rings is 2. The molecule has 0 spiro atoms. The minimum atomic E-state index is -0.0332. The maximum Gasteiger partial charge on any atom is 0.234 e. The molecule has 3 unspecified atom stereocenters. The molecule has 3 heterocycles. The first kappa shape index (κ1) is 22.1. The molecule has 1 amide bonds. The Labute approximate surface area is 203 Å². The van der Waals surface area contributed by atoms with Gasteiger partial charge in [0, 0.05) is 23.1 Å². The molecule has 0 aromatic heterocycles. The highest BCUT2D eigenvalue weighted by Gasteiger charge is 2.44. The number of hydrogen-bond donors (Lipinski definition) is 3. The highest BCUT2D eigenvalue weighted by Crippen LogP contribution is 2.35. The molecule has 3 aliphatic rings. The molecule has 0 bridgehead atoms. The predicted octanol–water partition coefficient (Wildman–Crippen LogP) is 4.24. The Morgan fingerprint density at radius 2 is 1.91 bits per heavy atom. The van der Waals surface area contributed by atoms with Gasteiger partial charge in [0.2, 0.25) is 5.91 Å². The Morgan fingerprint density at radius 3 is 2.64 bits per heavy atom. The molecule has 2 aromatic carbocycles. The van der Waals surface area contributed by atoms with E-state index < -0.39 is 0 Å². The number of fused-ring (bicyclic) bond motifs is 3. The van der Waals surface area contributed by atoms with Gasteiger partial charge in [-0.15, -0.1) is 0 Å². The number of halogens is 1. The SMILES string of the molecule is Cc1cc(C)c(NC(=O)CSC2=NNC3C4CC(c5ccc(Cl)cc5)NN4C=CN23)c(C)c1. The number of carbonyl (C=O) groups is 1. The van der Waals surface area contributed by atoms with Gasteiger partial charge >= 0.3 is 0 Å². The maximum absolute atomic E-state index is 12.7. The number of amides is 1. The molecule has 3 atom stereocenters. The van der Waals surface area contributed by atoms with E-state index in [1.54, 1.807) is 0 Å². The van der Waals surface area contributed by atoms with Gasteiger partial charge in [0.1, 0.15) is 6.17 Å². The highest BCUT2D eigenvalue weighted by atomic mass is 35.5. The van der Waals surface area contributed by atoms with Gasteiger partial charge in [0.15, 0.2) is 5.17 Å². The molecule has 5 rings (SSSR count). The van der Waals surface area contributed by atoms with E-state index in [4.69, 9.17) is 11.6 Å². The quantitative estimate of drug-likeness (QED) is 0.605. The van der Waals surface area contributed by atoms with Crippen LogP contribution >= 0.6 is 23.4 Å². The number of thioether (sulfide) groups is 1. The molecule has 2 aromatic rings. The minimum Gasteiger partial charge on any atom is -0.325 e. The van der Waals surface area contributed by atoms with Crippen molar-refractivity contribution in [2.75, 3.05) is 11.1 Å². The number of carbonyl (C=O) groups excluding carboxylic acids is 1. The van der Waals surface area contributed by atoms with Gasteiger partial charge in [-0.1, -0.05) is 53.2 Å². The van der Waals surface area contributed by atoms with E-state index in [0.29, 0.717) is 5.75 Å². The van der Waals surface area contributed by atoms with Crippen LogP contribution in [0.4, 0.5) is 5.69 Å². The summed E-state index contributed by atoms with van der Waals surface area (Å²) in [4.78, 5) is 14.8. The van der Waals surface area contributed by atoms with Crippen LogP contribution in [-0.2, 0) is 4.79 Å². The molecule has 1 fully saturated rings. The number of nitrogens with one attached hydrogen (secondary N) is 3. The van der Waals surface area contributed by atoms with Gasteiger partial charge in [-0.25, -0.2) is 5.43 Å². The summed E-state index contributed by atoms with van der Waals surface area (Å²) in [6.07, 6.45) is 5.00. The van der Waals surface area contributed by atoms with Crippen LogP contribution in [-0.4, -0.2) is 38.9 Å². The Bertz CT molecular complexity index is 1110. The van der Waals surface area contributed by atoms with Crippen LogP contribution in [0.3, 0.4) is 0 Å². The molecule has 9 heteroatoms. The Hall–Kier alpha value is -2.68. The summed E-state index contributed by atoms with van der Waals surface area (Å²) in [6, 6.07) is 12.6. The molecule has 33 heavy (non-hydrogen) atoms. The average molecular weight is 483 g/mol. The Kier molecular flexibility index (Phi) is 5.99. The van der Waals surface area contributed by atoms with Gasteiger partial charge in [0.05, 0.1) is 17.8 Å². The lowest BCUT2D eigenvalue weighted by Crippen LogP contribution is -2.54. The summed E-state index contributed by atoms with van der Waals surface area (Å²) in [6.45, 7) is 6.11. The van der Waals surface area contributed by atoms with Crippen LogP contribution in [0.2, 0.25) is 5.02 Å². The first-order valence-electron chi connectivity index (χ1n) is 11.0. The van der Waals surface area contributed by atoms with E-state index in [2.05, 4.69) is 62.4 Å². The summed E-state index contributed by atoms with van der Waals surface area (Å²) in [5, 5.41) is 11.3. The van der Waals surface area contributed by atoms with Crippen LogP contribution in [0.15, 0.2) is 53.9 Å². The molecule has 0 radical (unpaired) electrons. The number of rotatable bonds is 4. The van der Waals surface area contributed by atoms with Crippen molar-refractivity contribution in [3.8, 4) is 0 Å². The zero-order valence-electron chi connectivity index (χ0n) is 18.8. The normalized spacial score (nSPS) is 23.2. The third kappa shape index (κ3) is 4.43. The molecule has 0 saturated carbocycles. The fourth-order valence-corrected chi connectivity index (χ4v) is 5.64. The molecular formula is C24H27ClN6OS. The zero-order chi connectivity index (χ0) is 23.1. The van der Waals surface area contributed by atoms with Gasteiger partial charge < -0.3 is 15.2 Å². The number of aryl methyl sites for hydroxylation is 3. The van der Waals surface area contributed by atoms with Gasteiger partial charge in [-0.2, -0.15) is 5.10 Å². The topological polar surface area (TPSA) is 72.0 Å². The second-order valence-electron chi connectivity index (χ2n) is 8.73. The van der Waals surface area contributed by atoms with Crippen LogP contribution < -0.4 is 16.2 Å². The summed E-state index contributed by atoms with van der Waals surface area (Å²) in [5.41, 5.74) is 12.3. The number of hydrazine groups is 1. The lowest BCUT2D eigenvalue weighted by atomic mass is 10.00. The van der Waals surface area contributed by atoms with E-state index in [1.165, 1.54) is 22.9 Å². The van der Waals surface area contributed by atoms with Crippen molar-refractivity contribution in [1.82, 2.24) is 20.8 Å². The molecule has 3 N–H and O–H groups in total. The number of hydrazone groups is 1. The second kappa shape index (κ2) is 8.93. The van der Waals surface area contributed by atoms with E-state index in [9.17, 15) is 4.79 Å². The maximum atomic E-state index is 12.7. The van der Waals surface area contributed by atoms with Gasteiger partial charge in [-0.3, -0.25) is 10.2 Å². The van der Waals surface area contributed by atoms with E-state index in [0.717, 1.165) is 33.4 Å². The van der Waals surface area contributed by atoms with Crippen molar-refractivity contribution in [2.45, 2.75) is 45.4 Å². The number of anilines is 1. The van der Waals surface area contributed by atoms with Crippen LogP contribution in [0.1, 0.15) is 34.7 Å². The standard InChI is InChI=1S/C24H27ClN6OS/c1-14-10-15(2)22(16(3)11-14)26-21(32)13-33-24-28-27-23-20-12-19(17-4-6-18(25)7-5-17)29-31(20)9-8-30(23)24/h4-11,19-20,23,27,29H,12-13H2,1-3H3,(H,26,32). The first-order chi connectivity index (χ1) is 15.9. The summed E-state index contributed by atoms with van der Waals surface area (Å²) < 4.78 is 0. The Balaban J connectivity index is 1.19. The van der Waals surface area contributed by atoms with Crippen LogP contribution in [0.25, 0.3) is 0 Å². The zero-order valence-corrected chi connectivity index (χ0v) is 20.4. The van der Waals surface area contributed by atoms with Gasteiger partial charge in [0.25, 0.3) is 0 Å². The number of hydrogen-bond acceptors (Lipinski definition) is 7. The summed E-state index contributed by atoms with van der Waals surface area (Å²) in [7, 11) is 0. The largest absolute Gasteiger partial charge is 0.325 e. The fourth-order valence-electron chi connectivity index (χ4n) is 4.75. The fraction of sp³-hybridized carbons (Fsp3) is 0.333. The van der Waals surface area contributed by atoms with E-state index >= 15 is 0 Å². The number of nitrogens with zero attached hydrogens (tertiary/aromatic N) is 3. The van der Waals surface area contributed by atoms with Crippen molar-refractivity contribution in [2.24, 2.45) is 5.10 Å². The molecule has 172 valence electrons. The van der Waals surface area contributed by atoms with Gasteiger partial charge in [-0.05, 0) is 56.0 Å². The highest BCUT2D eigenvalue weighted by molar-refractivity contribution is 8.14. The molecule has 1 saturated heterocycles. The van der Waals surface area contributed by atoms with Crippen molar-refractivity contribution < 1.29 is 4.79 Å². The van der Waals surface area contributed by atoms with E-state index in [1.807, 2.05) is 38.4 Å². The molecule has 0 aliphatic carbocycles. The lowest BCUT2D eigenvalue weighted by molar-refractivity contribution is -0.113. The van der Waals surface area contributed by atoms with Crippen molar-refractivity contribution in [3.63, 3.8) is 0 Å². The third-order valence-corrected chi connectivity index (χ3v) is 7.47. The first-order valence-corrected chi connectivity index (χ1v) is 12.4. The van der Waals surface area contributed by atoms with E-state index in [-0.39, 0.29) is 24.2 Å². The molecule has 3 aliphatic heterocycles. The smallest absolute Gasteiger partial charge is 0.234 e. The lowest BCUT2D eigenvalue weighted by Gasteiger charge is -2.36.